The summed E-state index contributed by atoms with van der Waals surface area (Å²) in [7, 11) is -1.71. The van der Waals surface area contributed by atoms with Gasteiger partial charge in [-0.15, -0.1) is 10.2 Å². The van der Waals surface area contributed by atoms with Crippen LogP contribution in [0.4, 0.5) is 5.13 Å². The van der Waals surface area contributed by atoms with Crippen LogP contribution < -0.4 is 4.31 Å². The highest BCUT2D eigenvalue weighted by Crippen LogP contribution is 2.16. The summed E-state index contributed by atoms with van der Waals surface area (Å²) in [6.45, 7) is 1.59. The van der Waals surface area contributed by atoms with Crippen molar-refractivity contribution in [1.82, 2.24) is 10.2 Å². The zero-order chi connectivity index (χ0) is 9.19. The first-order valence-electron chi connectivity index (χ1n) is 3.30. The van der Waals surface area contributed by atoms with Crippen LogP contribution in [0.3, 0.4) is 0 Å². The molecule has 1 rings (SSSR count). The molecule has 0 aliphatic heterocycles. The smallest absolute Gasteiger partial charge is 0.236 e. The Labute approximate surface area is 75.1 Å². The number of rotatable bonds is 3. The Balaban J connectivity index is 2.94. The second-order valence-electron chi connectivity index (χ2n) is 2.09. The number of hydrogen-bond donors (Lipinski definition) is 0. The molecule has 0 radical (unpaired) electrons. The summed E-state index contributed by atoms with van der Waals surface area (Å²) in [4.78, 5) is 0. The van der Waals surface area contributed by atoms with Gasteiger partial charge in [0.05, 0.1) is 5.75 Å². The molecule has 0 fully saturated rings. The van der Waals surface area contributed by atoms with E-state index in [0.29, 0.717) is 5.13 Å². The van der Waals surface area contributed by atoms with E-state index in [1.165, 1.54) is 23.9 Å². The third-order valence-corrected chi connectivity index (χ3v) is 4.02. The summed E-state index contributed by atoms with van der Waals surface area (Å²) < 4.78 is 23.7. The molecule has 0 atom stereocenters. The van der Waals surface area contributed by atoms with Gasteiger partial charge in [-0.05, 0) is 6.92 Å². The molecule has 0 saturated carbocycles. The van der Waals surface area contributed by atoms with Crippen LogP contribution in [0.5, 0.6) is 0 Å². The largest absolute Gasteiger partial charge is 0.247 e. The summed E-state index contributed by atoms with van der Waals surface area (Å²) in [6.07, 6.45) is 0. The van der Waals surface area contributed by atoms with E-state index in [2.05, 4.69) is 10.2 Å². The number of nitrogens with zero attached hydrogens (tertiary/aromatic N) is 3. The topological polar surface area (TPSA) is 63.2 Å². The Bertz CT molecular complexity index is 332. The van der Waals surface area contributed by atoms with Crippen molar-refractivity contribution in [2.45, 2.75) is 6.92 Å². The Hall–Kier alpha value is -0.690. The van der Waals surface area contributed by atoms with Gasteiger partial charge in [0.2, 0.25) is 15.2 Å². The molecule has 1 aromatic heterocycles. The zero-order valence-electron chi connectivity index (χ0n) is 6.76. The number of hydrogen-bond acceptors (Lipinski definition) is 5. The number of aromatic nitrogens is 2. The normalized spacial score (nSPS) is 11.5. The van der Waals surface area contributed by atoms with Gasteiger partial charge in [-0.2, -0.15) is 0 Å². The number of sulfonamides is 1. The number of anilines is 1. The molecular formula is C5H9N3O2S2. The highest BCUT2D eigenvalue weighted by molar-refractivity contribution is 7.92. The Morgan fingerprint density at radius 1 is 1.67 bits per heavy atom. The minimum absolute atomic E-state index is 0.0725. The summed E-state index contributed by atoms with van der Waals surface area (Å²) in [5, 5.41) is 7.60. The fraction of sp³-hybridized carbons (Fsp3) is 0.600. The molecule has 0 aromatic carbocycles. The average Bonchev–Trinajstić information content (AvgIpc) is 2.55. The van der Waals surface area contributed by atoms with Crippen molar-refractivity contribution in [3.05, 3.63) is 5.51 Å². The molecule has 68 valence electrons. The lowest BCUT2D eigenvalue weighted by Gasteiger charge is -2.13. The van der Waals surface area contributed by atoms with Crippen LogP contribution in [-0.4, -0.2) is 31.4 Å². The first kappa shape index (κ1) is 9.40. The molecule has 0 bridgehead atoms. The highest BCUT2D eigenvalue weighted by Gasteiger charge is 2.17. The van der Waals surface area contributed by atoms with Crippen molar-refractivity contribution in [2.75, 3.05) is 17.1 Å². The van der Waals surface area contributed by atoms with E-state index in [0.717, 1.165) is 4.31 Å². The minimum Gasteiger partial charge on any atom is -0.247 e. The monoisotopic (exact) mass is 207 g/mol. The van der Waals surface area contributed by atoms with E-state index >= 15 is 0 Å². The van der Waals surface area contributed by atoms with Crippen LogP contribution in [0.15, 0.2) is 5.51 Å². The van der Waals surface area contributed by atoms with E-state index in [1.807, 2.05) is 0 Å². The third kappa shape index (κ3) is 1.72. The maximum Gasteiger partial charge on any atom is 0.236 e. The predicted molar refractivity (Wildman–Crippen MR) is 47.8 cm³/mol. The van der Waals surface area contributed by atoms with Gasteiger partial charge in [0, 0.05) is 7.05 Å². The van der Waals surface area contributed by atoms with Crippen LogP contribution in [0, 0.1) is 0 Å². The molecule has 5 nitrogen and oxygen atoms in total. The summed E-state index contributed by atoms with van der Waals surface area (Å²) >= 11 is 1.20. The van der Waals surface area contributed by atoms with E-state index in [4.69, 9.17) is 0 Å². The Morgan fingerprint density at radius 3 is 2.75 bits per heavy atom. The van der Waals surface area contributed by atoms with Crippen LogP contribution in [0.1, 0.15) is 6.92 Å². The molecule has 0 amide bonds. The van der Waals surface area contributed by atoms with Gasteiger partial charge in [0.15, 0.2) is 0 Å². The fourth-order valence-electron chi connectivity index (χ4n) is 0.617. The van der Waals surface area contributed by atoms with Crippen molar-refractivity contribution in [3.63, 3.8) is 0 Å². The average molecular weight is 207 g/mol. The minimum atomic E-state index is -3.18. The summed E-state index contributed by atoms with van der Waals surface area (Å²) in [5.74, 6) is 0.0725. The van der Waals surface area contributed by atoms with Gasteiger partial charge < -0.3 is 0 Å². The van der Waals surface area contributed by atoms with Gasteiger partial charge in [0.25, 0.3) is 0 Å². The lowest BCUT2D eigenvalue weighted by atomic mass is 11.0. The molecule has 12 heavy (non-hydrogen) atoms. The van der Waals surface area contributed by atoms with Crippen LogP contribution in [0.25, 0.3) is 0 Å². The molecule has 0 aliphatic carbocycles. The van der Waals surface area contributed by atoms with E-state index in [9.17, 15) is 8.42 Å². The second kappa shape index (κ2) is 3.36. The van der Waals surface area contributed by atoms with Crippen molar-refractivity contribution in [1.29, 1.82) is 0 Å². The first-order valence-corrected chi connectivity index (χ1v) is 5.79. The van der Waals surface area contributed by atoms with Crippen molar-refractivity contribution in [3.8, 4) is 0 Å². The molecule has 1 aromatic rings. The van der Waals surface area contributed by atoms with E-state index in [1.54, 1.807) is 6.92 Å². The Kier molecular flexibility index (Phi) is 2.63. The van der Waals surface area contributed by atoms with Crippen LogP contribution >= 0.6 is 11.3 Å². The summed E-state index contributed by atoms with van der Waals surface area (Å²) in [6, 6.07) is 0. The molecular weight excluding hydrogens is 198 g/mol. The second-order valence-corrected chi connectivity index (χ2v) is 5.19. The maximum atomic E-state index is 11.3. The molecule has 7 heteroatoms. The van der Waals surface area contributed by atoms with Crippen molar-refractivity contribution in [2.24, 2.45) is 0 Å². The zero-order valence-corrected chi connectivity index (χ0v) is 8.39. The Morgan fingerprint density at radius 2 is 2.33 bits per heavy atom. The van der Waals surface area contributed by atoms with E-state index in [-0.39, 0.29) is 5.75 Å². The molecule has 0 saturated heterocycles. The van der Waals surface area contributed by atoms with Crippen molar-refractivity contribution >= 4 is 26.5 Å². The maximum absolute atomic E-state index is 11.3. The standard InChI is InChI=1S/C5H9N3O2S2/c1-3-12(9,10)8(2)5-7-6-4-11-5/h4H,3H2,1-2H3. The molecule has 0 spiro atoms. The van der Waals surface area contributed by atoms with Gasteiger partial charge in [-0.25, -0.2) is 12.7 Å². The lowest BCUT2D eigenvalue weighted by Crippen LogP contribution is -2.27. The summed E-state index contributed by atoms with van der Waals surface area (Å²) in [5.41, 5.74) is 1.50. The lowest BCUT2D eigenvalue weighted by molar-refractivity contribution is 0.595. The fourth-order valence-corrected chi connectivity index (χ4v) is 2.18. The molecule has 0 N–H and O–H groups in total. The third-order valence-electron chi connectivity index (χ3n) is 1.40. The van der Waals surface area contributed by atoms with Crippen LogP contribution in [-0.2, 0) is 10.0 Å². The van der Waals surface area contributed by atoms with Gasteiger partial charge in [0.1, 0.15) is 5.51 Å². The molecule has 0 aliphatic rings. The van der Waals surface area contributed by atoms with Gasteiger partial charge in [-0.1, -0.05) is 11.3 Å². The molecule has 1 heterocycles. The highest BCUT2D eigenvalue weighted by atomic mass is 32.2. The van der Waals surface area contributed by atoms with Crippen LogP contribution in [0.2, 0.25) is 0 Å². The molecule has 0 unspecified atom stereocenters. The predicted octanol–water partition coefficient (Wildman–Crippen LogP) is 0.324. The first-order chi connectivity index (χ1) is 5.58. The van der Waals surface area contributed by atoms with Crippen molar-refractivity contribution < 1.29 is 8.42 Å². The van der Waals surface area contributed by atoms with Gasteiger partial charge >= 0.3 is 0 Å². The SMILES string of the molecule is CCS(=O)(=O)N(C)c1nncs1. The quantitative estimate of drug-likeness (QED) is 0.716. The van der Waals surface area contributed by atoms with Gasteiger partial charge in [-0.3, -0.25) is 0 Å². The van der Waals surface area contributed by atoms with E-state index < -0.39 is 10.0 Å².